The monoisotopic (exact) mass is 267 g/mol. The molecule has 1 heterocycles. The third-order valence-corrected chi connectivity index (χ3v) is 3.21. The van der Waals surface area contributed by atoms with Gasteiger partial charge in [0.2, 0.25) is 0 Å². The van der Waals surface area contributed by atoms with Gasteiger partial charge in [-0.3, -0.25) is 14.5 Å². The number of Topliss-reactive ketones (excluding diaryl/α,β-unsaturated/α-hetero) is 1. The van der Waals surface area contributed by atoms with Gasteiger partial charge in [0.05, 0.1) is 16.3 Å². The van der Waals surface area contributed by atoms with Gasteiger partial charge in [0.25, 0.3) is 11.7 Å². The quantitative estimate of drug-likeness (QED) is 0.624. The largest absolute Gasteiger partial charge is 0.299 e. The van der Waals surface area contributed by atoms with Crippen molar-refractivity contribution in [1.29, 1.82) is 0 Å². The number of carbonyl (C=O) groups excluding carboxylic acids is 2. The SMILES string of the molecule is C=C(CC)CN1C(=O)C(=O)c2c(Cl)ccc(F)c21. The highest BCUT2D eigenvalue weighted by atomic mass is 35.5. The van der Waals surface area contributed by atoms with E-state index in [4.69, 9.17) is 11.6 Å². The molecule has 1 amide bonds. The zero-order chi connectivity index (χ0) is 13.4. The summed E-state index contributed by atoms with van der Waals surface area (Å²) in [6.45, 7) is 5.77. The molecule has 0 saturated carbocycles. The predicted octanol–water partition coefficient (Wildman–Crippen LogP) is 2.97. The maximum atomic E-state index is 13.8. The molecule has 0 aromatic heterocycles. The van der Waals surface area contributed by atoms with Crippen LogP contribution in [0.1, 0.15) is 23.7 Å². The van der Waals surface area contributed by atoms with E-state index in [0.29, 0.717) is 6.42 Å². The van der Waals surface area contributed by atoms with Crippen LogP contribution in [0.5, 0.6) is 0 Å². The molecular weight excluding hydrogens is 257 g/mol. The smallest absolute Gasteiger partial charge is 0.298 e. The van der Waals surface area contributed by atoms with Crippen LogP contribution in [-0.2, 0) is 4.79 Å². The number of hydrogen-bond donors (Lipinski definition) is 0. The van der Waals surface area contributed by atoms with Gasteiger partial charge in [0.15, 0.2) is 0 Å². The number of hydrogen-bond acceptors (Lipinski definition) is 2. The molecule has 0 spiro atoms. The van der Waals surface area contributed by atoms with Crippen LogP contribution in [0.25, 0.3) is 0 Å². The fourth-order valence-corrected chi connectivity index (χ4v) is 2.08. The third-order valence-electron chi connectivity index (χ3n) is 2.90. The number of fused-ring (bicyclic) bond motifs is 1. The number of anilines is 1. The van der Waals surface area contributed by atoms with Crippen molar-refractivity contribution in [2.24, 2.45) is 0 Å². The Bertz CT molecular complexity index is 568. The summed E-state index contributed by atoms with van der Waals surface area (Å²) in [5, 5.41) is 0.0920. The van der Waals surface area contributed by atoms with Gasteiger partial charge in [0.1, 0.15) is 5.82 Å². The van der Waals surface area contributed by atoms with E-state index in [1.165, 1.54) is 6.07 Å². The van der Waals surface area contributed by atoms with E-state index < -0.39 is 17.5 Å². The van der Waals surface area contributed by atoms with E-state index in [1.807, 2.05) is 6.92 Å². The molecule has 3 nitrogen and oxygen atoms in total. The molecule has 1 aromatic carbocycles. The lowest BCUT2D eigenvalue weighted by molar-refractivity contribution is -0.114. The lowest BCUT2D eigenvalue weighted by Crippen LogP contribution is -2.31. The number of benzene rings is 1. The van der Waals surface area contributed by atoms with E-state index in [0.717, 1.165) is 16.5 Å². The minimum absolute atomic E-state index is 0.0351. The fourth-order valence-electron chi connectivity index (χ4n) is 1.84. The van der Waals surface area contributed by atoms with Gasteiger partial charge < -0.3 is 0 Å². The number of carbonyl (C=O) groups is 2. The Balaban J connectivity index is 2.55. The van der Waals surface area contributed by atoms with Gasteiger partial charge in [-0.1, -0.05) is 30.7 Å². The molecule has 1 aromatic rings. The van der Waals surface area contributed by atoms with Crippen LogP contribution in [0, 0.1) is 5.82 Å². The van der Waals surface area contributed by atoms with E-state index in [-0.39, 0.29) is 22.8 Å². The minimum atomic E-state index is -0.765. The molecule has 94 valence electrons. The Morgan fingerprint density at radius 2 is 2.11 bits per heavy atom. The van der Waals surface area contributed by atoms with Crippen molar-refractivity contribution < 1.29 is 14.0 Å². The van der Waals surface area contributed by atoms with E-state index in [1.54, 1.807) is 0 Å². The highest BCUT2D eigenvalue weighted by molar-refractivity contribution is 6.55. The molecule has 0 radical (unpaired) electrons. The van der Waals surface area contributed by atoms with Crippen LogP contribution < -0.4 is 4.90 Å². The van der Waals surface area contributed by atoms with Crippen molar-refractivity contribution >= 4 is 29.0 Å². The third kappa shape index (κ3) is 1.82. The Labute approximate surface area is 109 Å². The molecular formula is C13H11ClFNO2. The maximum Gasteiger partial charge on any atom is 0.299 e. The van der Waals surface area contributed by atoms with E-state index in [9.17, 15) is 14.0 Å². The number of halogens is 2. The molecule has 18 heavy (non-hydrogen) atoms. The first-order valence-electron chi connectivity index (χ1n) is 5.48. The minimum Gasteiger partial charge on any atom is -0.298 e. The summed E-state index contributed by atoms with van der Waals surface area (Å²) < 4.78 is 13.8. The predicted molar refractivity (Wildman–Crippen MR) is 67.5 cm³/mol. The second-order valence-corrected chi connectivity index (χ2v) is 4.48. The van der Waals surface area contributed by atoms with Crippen LogP contribution in [0.4, 0.5) is 10.1 Å². The van der Waals surface area contributed by atoms with Gasteiger partial charge in [-0.2, -0.15) is 0 Å². The summed E-state index contributed by atoms with van der Waals surface area (Å²) in [5.74, 6) is -2.15. The standard InChI is InChI=1S/C13H11ClFNO2/c1-3-7(2)6-16-11-9(15)5-4-8(14)10(11)12(17)13(16)18/h4-5H,2-3,6H2,1H3. The van der Waals surface area contributed by atoms with Crippen LogP contribution >= 0.6 is 11.6 Å². The first kappa shape index (κ1) is 12.8. The zero-order valence-corrected chi connectivity index (χ0v) is 10.6. The summed E-state index contributed by atoms with van der Waals surface area (Å²) in [7, 11) is 0. The van der Waals surface area contributed by atoms with Crippen LogP contribution in [0.3, 0.4) is 0 Å². The van der Waals surface area contributed by atoms with Crippen molar-refractivity contribution in [3.8, 4) is 0 Å². The summed E-state index contributed by atoms with van der Waals surface area (Å²) in [6.07, 6.45) is 0.648. The Kier molecular flexibility index (Phi) is 3.22. The summed E-state index contributed by atoms with van der Waals surface area (Å²) in [5.41, 5.74) is 0.654. The van der Waals surface area contributed by atoms with Gasteiger partial charge in [-0.15, -0.1) is 0 Å². The second kappa shape index (κ2) is 4.53. The average Bonchev–Trinajstić information content (AvgIpc) is 2.60. The van der Waals surface area contributed by atoms with E-state index in [2.05, 4.69) is 6.58 Å². The van der Waals surface area contributed by atoms with Crippen LogP contribution in [-0.4, -0.2) is 18.2 Å². The second-order valence-electron chi connectivity index (χ2n) is 4.08. The first-order chi connectivity index (χ1) is 8.47. The van der Waals surface area contributed by atoms with Crippen molar-refractivity contribution in [3.63, 3.8) is 0 Å². The van der Waals surface area contributed by atoms with Crippen molar-refractivity contribution in [3.05, 3.63) is 40.7 Å². The van der Waals surface area contributed by atoms with E-state index >= 15 is 0 Å². The van der Waals surface area contributed by atoms with Crippen LogP contribution in [0.15, 0.2) is 24.3 Å². The van der Waals surface area contributed by atoms with Crippen LogP contribution in [0.2, 0.25) is 5.02 Å². The number of nitrogens with zero attached hydrogens (tertiary/aromatic N) is 1. The highest BCUT2D eigenvalue weighted by Gasteiger charge is 2.39. The maximum absolute atomic E-state index is 13.8. The molecule has 2 rings (SSSR count). The number of ketones is 1. The molecule has 5 heteroatoms. The van der Waals surface area contributed by atoms with Gasteiger partial charge in [-0.25, -0.2) is 4.39 Å². The number of rotatable bonds is 3. The van der Waals surface area contributed by atoms with Crippen molar-refractivity contribution in [2.75, 3.05) is 11.4 Å². The Morgan fingerprint density at radius 3 is 2.72 bits per heavy atom. The Hall–Kier alpha value is -1.68. The lowest BCUT2D eigenvalue weighted by atomic mass is 10.1. The molecule has 0 bridgehead atoms. The highest BCUT2D eigenvalue weighted by Crippen LogP contribution is 2.36. The summed E-state index contributed by atoms with van der Waals surface area (Å²) in [4.78, 5) is 24.7. The zero-order valence-electron chi connectivity index (χ0n) is 9.80. The Morgan fingerprint density at radius 1 is 1.44 bits per heavy atom. The van der Waals surface area contributed by atoms with Gasteiger partial charge >= 0.3 is 0 Å². The molecule has 0 unspecified atom stereocenters. The summed E-state index contributed by atoms with van der Waals surface area (Å²) in [6, 6.07) is 2.42. The summed E-state index contributed by atoms with van der Waals surface area (Å²) >= 11 is 5.85. The van der Waals surface area contributed by atoms with Crippen molar-refractivity contribution in [1.82, 2.24) is 0 Å². The molecule has 0 aliphatic carbocycles. The van der Waals surface area contributed by atoms with Gasteiger partial charge in [-0.05, 0) is 18.6 Å². The normalized spacial score (nSPS) is 14.1. The van der Waals surface area contributed by atoms with Crippen molar-refractivity contribution in [2.45, 2.75) is 13.3 Å². The molecule has 1 aliphatic rings. The topological polar surface area (TPSA) is 37.4 Å². The fraction of sp³-hybridized carbons (Fsp3) is 0.231. The lowest BCUT2D eigenvalue weighted by Gasteiger charge is -2.17. The first-order valence-corrected chi connectivity index (χ1v) is 5.86. The molecule has 0 atom stereocenters. The molecule has 0 saturated heterocycles. The average molecular weight is 268 g/mol. The number of amides is 1. The molecule has 0 fully saturated rings. The molecule has 1 aliphatic heterocycles. The van der Waals surface area contributed by atoms with Gasteiger partial charge in [0, 0.05) is 6.54 Å². The molecule has 0 N–H and O–H groups in total.